The largest absolute Gasteiger partial charge is 0.495 e. The quantitative estimate of drug-likeness (QED) is 0.398. The first kappa shape index (κ1) is 23.8. The Kier molecular flexibility index (Phi) is 8.44. The molecule has 0 saturated carbocycles. The van der Waals surface area contributed by atoms with Gasteiger partial charge in [-0.05, 0) is 24.3 Å². The molecule has 1 aliphatic rings. The van der Waals surface area contributed by atoms with Crippen molar-refractivity contribution >= 4 is 44.4 Å². The van der Waals surface area contributed by atoms with Crippen LogP contribution in [0.1, 0.15) is 6.42 Å². The van der Waals surface area contributed by atoms with Gasteiger partial charge in [0.25, 0.3) is 0 Å². The molecule has 1 aliphatic heterocycles. The normalized spacial score (nSPS) is 14.4. The molecule has 2 aromatic carbocycles. The summed E-state index contributed by atoms with van der Waals surface area (Å²) in [6.07, 6.45) is 0.437. The number of nitrogens with zero attached hydrogens (tertiary/aromatic N) is 3. The molecule has 0 spiro atoms. The van der Waals surface area contributed by atoms with Crippen molar-refractivity contribution in [1.82, 2.24) is 9.88 Å². The molecule has 3 aromatic rings. The van der Waals surface area contributed by atoms with E-state index in [-0.39, 0.29) is 5.91 Å². The van der Waals surface area contributed by atoms with Crippen LogP contribution in [0.2, 0.25) is 0 Å². The molecule has 4 rings (SSSR count). The van der Waals surface area contributed by atoms with E-state index in [4.69, 9.17) is 19.2 Å². The monoisotopic (exact) mass is 487 g/mol. The topological polar surface area (TPSA) is 64.1 Å². The number of carbonyl (C=O) groups is 1. The Balaban J connectivity index is 1.54. The van der Waals surface area contributed by atoms with Gasteiger partial charge in [-0.25, -0.2) is 4.98 Å². The second-order valence-electron chi connectivity index (χ2n) is 7.56. The van der Waals surface area contributed by atoms with Crippen LogP contribution in [0.5, 0.6) is 11.5 Å². The molecule has 0 N–H and O–H groups in total. The predicted octanol–water partition coefficient (Wildman–Crippen LogP) is 4.16. The van der Waals surface area contributed by atoms with Crippen molar-refractivity contribution in [3.63, 3.8) is 0 Å². The Morgan fingerprint density at radius 3 is 2.58 bits per heavy atom. The predicted molar refractivity (Wildman–Crippen MR) is 134 cm³/mol. The molecule has 1 fully saturated rings. The second kappa shape index (κ2) is 11.7. The number of rotatable bonds is 10. The molecule has 176 valence electrons. The van der Waals surface area contributed by atoms with Gasteiger partial charge in [0.05, 0.1) is 27.4 Å². The zero-order valence-electron chi connectivity index (χ0n) is 19.0. The molecule has 0 unspecified atom stereocenters. The zero-order valence-corrected chi connectivity index (χ0v) is 20.6. The fourth-order valence-electron chi connectivity index (χ4n) is 3.69. The number of anilines is 1. The van der Waals surface area contributed by atoms with E-state index < -0.39 is 0 Å². The Hall–Kier alpha value is -2.33. The summed E-state index contributed by atoms with van der Waals surface area (Å²) in [4.78, 5) is 23.5. The van der Waals surface area contributed by atoms with Gasteiger partial charge in [-0.15, -0.1) is 11.8 Å². The highest BCUT2D eigenvalue weighted by molar-refractivity contribution is 7.99. The summed E-state index contributed by atoms with van der Waals surface area (Å²) in [5.41, 5.74) is 0.722. The molecule has 2 heterocycles. The van der Waals surface area contributed by atoms with E-state index >= 15 is 0 Å². The summed E-state index contributed by atoms with van der Waals surface area (Å²) in [6, 6.07) is 13.9. The Labute approximate surface area is 202 Å². The number of methoxy groups -OCH3 is 2. The molecule has 0 bridgehead atoms. The summed E-state index contributed by atoms with van der Waals surface area (Å²) in [7, 11) is 3.27. The van der Waals surface area contributed by atoms with Crippen LogP contribution in [0.15, 0.2) is 47.4 Å². The SMILES string of the molecule is COc1ccc(OC)c2sc(N(CCN3CCOCC3)C(=O)CCSc3ccccc3)nc12. The van der Waals surface area contributed by atoms with Crippen LogP contribution in [0.25, 0.3) is 10.2 Å². The van der Waals surface area contributed by atoms with Crippen LogP contribution in [-0.2, 0) is 9.53 Å². The second-order valence-corrected chi connectivity index (χ2v) is 9.70. The van der Waals surface area contributed by atoms with E-state index in [1.165, 1.54) is 16.2 Å². The molecule has 9 heteroatoms. The number of aromatic nitrogens is 1. The number of hydrogen-bond donors (Lipinski definition) is 0. The highest BCUT2D eigenvalue weighted by Gasteiger charge is 2.23. The minimum Gasteiger partial charge on any atom is -0.495 e. The van der Waals surface area contributed by atoms with Gasteiger partial charge in [-0.3, -0.25) is 14.6 Å². The van der Waals surface area contributed by atoms with Crippen LogP contribution in [0.4, 0.5) is 5.13 Å². The van der Waals surface area contributed by atoms with Crippen molar-refractivity contribution in [3.8, 4) is 11.5 Å². The minimum atomic E-state index is 0.0729. The highest BCUT2D eigenvalue weighted by Crippen LogP contribution is 2.40. The van der Waals surface area contributed by atoms with Crippen molar-refractivity contribution in [3.05, 3.63) is 42.5 Å². The molecule has 0 atom stereocenters. The molecule has 7 nitrogen and oxygen atoms in total. The van der Waals surface area contributed by atoms with E-state index in [1.54, 1.807) is 26.0 Å². The van der Waals surface area contributed by atoms with Gasteiger partial charge in [0.1, 0.15) is 21.7 Å². The summed E-state index contributed by atoms with van der Waals surface area (Å²) in [5.74, 6) is 2.20. The number of fused-ring (bicyclic) bond motifs is 1. The highest BCUT2D eigenvalue weighted by atomic mass is 32.2. The fraction of sp³-hybridized carbons (Fsp3) is 0.417. The number of morpholine rings is 1. The van der Waals surface area contributed by atoms with E-state index in [9.17, 15) is 4.79 Å². The first-order valence-electron chi connectivity index (χ1n) is 11.0. The maximum atomic E-state index is 13.4. The molecular formula is C24H29N3O4S2. The van der Waals surface area contributed by atoms with Crippen LogP contribution >= 0.6 is 23.1 Å². The first-order valence-corrected chi connectivity index (χ1v) is 12.8. The van der Waals surface area contributed by atoms with Crippen molar-refractivity contribution in [2.24, 2.45) is 0 Å². The number of benzene rings is 2. The molecule has 33 heavy (non-hydrogen) atoms. The van der Waals surface area contributed by atoms with Gasteiger partial charge in [0, 0.05) is 43.2 Å². The Morgan fingerprint density at radius 1 is 1.12 bits per heavy atom. The van der Waals surface area contributed by atoms with Crippen molar-refractivity contribution < 1.29 is 19.0 Å². The number of carbonyl (C=O) groups excluding carboxylic acids is 1. The van der Waals surface area contributed by atoms with Crippen molar-refractivity contribution in [2.45, 2.75) is 11.3 Å². The van der Waals surface area contributed by atoms with Gasteiger partial charge in [0.15, 0.2) is 5.13 Å². The maximum absolute atomic E-state index is 13.4. The molecule has 1 saturated heterocycles. The van der Waals surface area contributed by atoms with E-state index in [0.717, 1.165) is 48.8 Å². The minimum absolute atomic E-state index is 0.0729. The lowest BCUT2D eigenvalue weighted by atomic mass is 10.3. The molecule has 0 aliphatic carbocycles. The van der Waals surface area contributed by atoms with Gasteiger partial charge >= 0.3 is 0 Å². The van der Waals surface area contributed by atoms with Crippen LogP contribution in [-0.4, -0.2) is 75.2 Å². The van der Waals surface area contributed by atoms with Gasteiger partial charge in [-0.1, -0.05) is 29.5 Å². The van der Waals surface area contributed by atoms with E-state index in [0.29, 0.717) is 29.6 Å². The third-order valence-corrected chi connectivity index (χ3v) is 7.61. The van der Waals surface area contributed by atoms with Crippen LogP contribution < -0.4 is 14.4 Å². The lowest BCUT2D eigenvalue weighted by molar-refractivity contribution is -0.118. The Bertz CT molecular complexity index is 1010. The number of thiazole rings is 1. The lowest BCUT2D eigenvalue weighted by Crippen LogP contribution is -2.43. The number of amides is 1. The van der Waals surface area contributed by atoms with Gasteiger partial charge < -0.3 is 14.2 Å². The Morgan fingerprint density at radius 2 is 1.85 bits per heavy atom. The number of hydrogen-bond acceptors (Lipinski definition) is 8. The third kappa shape index (κ3) is 5.97. The van der Waals surface area contributed by atoms with Gasteiger partial charge in [-0.2, -0.15) is 0 Å². The zero-order chi connectivity index (χ0) is 23.0. The molecule has 1 aromatic heterocycles. The molecular weight excluding hydrogens is 458 g/mol. The van der Waals surface area contributed by atoms with E-state index in [1.807, 2.05) is 35.2 Å². The smallest absolute Gasteiger partial charge is 0.229 e. The van der Waals surface area contributed by atoms with Crippen molar-refractivity contribution in [2.75, 3.05) is 64.3 Å². The fourth-order valence-corrected chi connectivity index (χ4v) is 5.67. The average Bonchev–Trinajstić information content (AvgIpc) is 3.30. The molecule has 0 radical (unpaired) electrons. The van der Waals surface area contributed by atoms with Crippen LogP contribution in [0, 0.1) is 0 Å². The summed E-state index contributed by atoms with van der Waals surface area (Å²) < 4.78 is 17.4. The van der Waals surface area contributed by atoms with E-state index in [2.05, 4.69) is 17.0 Å². The number of thioether (sulfide) groups is 1. The first-order chi connectivity index (χ1) is 16.2. The number of ether oxygens (including phenoxy) is 3. The maximum Gasteiger partial charge on any atom is 0.229 e. The van der Waals surface area contributed by atoms with Crippen LogP contribution in [0.3, 0.4) is 0 Å². The lowest BCUT2D eigenvalue weighted by Gasteiger charge is -2.29. The summed E-state index contributed by atoms with van der Waals surface area (Å²) >= 11 is 3.16. The average molecular weight is 488 g/mol. The summed E-state index contributed by atoms with van der Waals surface area (Å²) in [6.45, 7) is 4.60. The third-order valence-electron chi connectivity index (χ3n) is 5.50. The van der Waals surface area contributed by atoms with Crippen molar-refractivity contribution in [1.29, 1.82) is 0 Å². The standard InChI is InChI=1S/C24H29N3O4S2/c1-29-19-8-9-20(30-2)23-22(19)25-24(33-23)27(12-11-26-13-15-31-16-14-26)21(28)10-17-32-18-6-4-3-5-7-18/h3-9H,10-17H2,1-2H3. The van der Waals surface area contributed by atoms with Gasteiger partial charge in [0.2, 0.25) is 5.91 Å². The summed E-state index contributed by atoms with van der Waals surface area (Å²) in [5, 5.41) is 0.677. The molecule has 1 amide bonds.